The first kappa shape index (κ1) is 12.8. The predicted octanol–water partition coefficient (Wildman–Crippen LogP) is 4.83. The van der Waals surface area contributed by atoms with Crippen LogP contribution in [0.3, 0.4) is 0 Å². The van der Waals surface area contributed by atoms with Gasteiger partial charge in [-0.05, 0) is 42.0 Å². The predicted molar refractivity (Wildman–Crippen MR) is 86.5 cm³/mol. The zero-order valence-corrected chi connectivity index (χ0v) is 11.8. The summed E-state index contributed by atoms with van der Waals surface area (Å²) in [5, 5.41) is 0.865. The molecule has 106 valence electrons. The molecule has 22 heavy (non-hydrogen) atoms. The molecule has 0 aliphatic heterocycles. The maximum atomic E-state index is 13.6. The molecule has 0 aliphatic carbocycles. The van der Waals surface area contributed by atoms with Gasteiger partial charge in [0.25, 0.3) is 0 Å². The molecule has 0 radical (unpaired) electrons. The van der Waals surface area contributed by atoms with E-state index in [9.17, 15) is 4.39 Å². The van der Waals surface area contributed by atoms with E-state index in [0.29, 0.717) is 0 Å². The summed E-state index contributed by atoms with van der Waals surface area (Å²) in [7, 11) is 0. The van der Waals surface area contributed by atoms with E-state index in [-0.39, 0.29) is 5.82 Å². The van der Waals surface area contributed by atoms with Gasteiger partial charge in [-0.2, -0.15) is 0 Å². The van der Waals surface area contributed by atoms with Gasteiger partial charge in [-0.25, -0.2) is 9.37 Å². The molecule has 0 bridgehead atoms. The Morgan fingerprint density at radius 3 is 2.41 bits per heavy atom. The highest BCUT2D eigenvalue weighted by Gasteiger charge is 2.13. The number of hydrogen-bond acceptors (Lipinski definition) is 1. The van der Waals surface area contributed by atoms with Crippen LogP contribution in [-0.2, 0) is 0 Å². The van der Waals surface area contributed by atoms with Crippen molar-refractivity contribution < 1.29 is 4.39 Å². The van der Waals surface area contributed by atoms with E-state index in [1.807, 2.05) is 54.6 Å². The van der Waals surface area contributed by atoms with Gasteiger partial charge >= 0.3 is 0 Å². The highest BCUT2D eigenvalue weighted by Crippen LogP contribution is 2.31. The van der Waals surface area contributed by atoms with Gasteiger partial charge in [-0.1, -0.05) is 36.4 Å². The van der Waals surface area contributed by atoms with Crippen LogP contribution in [0.1, 0.15) is 0 Å². The molecule has 0 spiro atoms. The van der Waals surface area contributed by atoms with Gasteiger partial charge < -0.3 is 0 Å². The first-order valence-corrected chi connectivity index (χ1v) is 7.11. The molecule has 3 heteroatoms. The van der Waals surface area contributed by atoms with E-state index in [2.05, 4.69) is 9.55 Å². The number of rotatable bonds is 2. The van der Waals surface area contributed by atoms with Gasteiger partial charge in [0.15, 0.2) is 0 Å². The second-order valence-corrected chi connectivity index (χ2v) is 5.12. The summed E-state index contributed by atoms with van der Waals surface area (Å²) in [6.07, 6.45) is 1.76. The quantitative estimate of drug-likeness (QED) is 0.516. The Morgan fingerprint density at radius 2 is 1.64 bits per heavy atom. The Hall–Kier alpha value is -2.94. The van der Waals surface area contributed by atoms with Crippen molar-refractivity contribution in [3.8, 4) is 17.1 Å². The second kappa shape index (κ2) is 5.11. The van der Waals surface area contributed by atoms with Crippen molar-refractivity contribution in [2.24, 2.45) is 0 Å². The van der Waals surface area contributed by atoms with Gasteiger partial charge in [0, 0.05) is 11.6 Å². The van der Waals surface area contributed by atoms with E-state index in [4.69, 9.17) is 0 Å². The maximum absolute atomic E-state index is 13.6. The fraction of sp³-hybridized carbons (Fsp3) is 0. The third kappa shape index (κ3) is 2.07. The largest absolute Gasteiger partial charge is 0.294 e. The minimum Gasteiger partial charge on any atom is -0.294 e. The van der Waals surface area contributed by atoms with Crippen LogP contribution in [0, 0.1) is 5.82 Å². The molecule has 0 amide bonds. The molecule has 0 atom stereocenters. The monoisotopic (exact) mass is 288 g/mol. The lowest BCUT2D eigenvalue weighted by Gasteiger charge is -2.10. The van der Waals surface area contributed by atoms with Crippen LogP contribution in [0.15, 0.2) is 79.0 Å². The van der Waals surface area contributed by atoms with Crippen molar-refractivity contribution in [2.45, 2.75) is 0 Å². The summed E-state index contributed by atoms with van der Waals surface area (Å²) in [5.41, 5.74) is 3.02. The third-order valence-electron chi connectivity index (χ3n) is 3.71. The van der Waals surface area contributed by atoms with E-state index >= 15 is 0 Å². The highest BCUT2D eigenvalue weighted by molar-refractivity contribution is 5.89. The average Bonchev–Trinajstić information content (AvgIpc) is 2.95. The molecule has 0 fully saturated rings. The molecule has 2 aromatic carbocycles. The summed E-state index contributed by atoms with van der Waals surface area (Å²) in [6.45, 7) is 0. The SMILES string of the molecule is Fc1ccc2c(c1)cc(-c1ccccc1)n2-c1ccccn1. The smallest absolute Gasteiger partial charge is 0.137 e. The Bertz CT molecular complexity index is 928. The lowest BCUT2D eigenvalue weighted by atomic mass is 10.1. The number of pyridine rings is 1. The van der Waals surface area contributed by atoms with Crippen molar-refractivity contribution in [1.29, 1.82) is 0 Å². The van der Waals surface area contributed by atoms with Crippen molar-refractivity contribution in [3.63, 3.8) is 0 Å². The first-order valence-electron chi connectivity index (χ1n) is 7.11. The van der Waals surface area contributed by atoms with Gasteiger partial charge in [0.2, 0.25) is 0 Å². The fourth-order valence-corrected chi connectivity index (χ4v) is 2.74. The Morgan fingerprint density at radius 1 is 0.818 bits per heavy atom. The third-order valence-corrected chi connectivity index (χ3v) is 3.71. The highest BCUT2D eigenvalue weighted by atomic mass is 19.1. The molecule has 0 aliphatic rings. The number of halogens is 1. The minimum atomic E-state index is -0.231. The summed E-state index contributed by atoms with van der Waals surface area (Å²) in [4.78, 5) is 4.45. The lowest BCUT2D eigenvalue weighted by molar-refractivity contribution is 0.629. The van der Waals surface area contributed by atoms with Crippen LogP contribution in [0.5, 0.6) is 0 Å². The molecule has 0 unspecified atom stereocenters. The Labute approximate surface area is 127 Å². The molecule has 2 nitrogen and oxygen atoms in total. The zero-order valence-electron chi connectivity index (χ0n) is 11.8. The molecule has 2 aromatic heterocycles. The average molecular weight is 288 g/mol. The van der Waals surface area contributed by atoms with E-state index in [1.165, 1.54) is 6.07 Å². The van der Waals surface area contributed by atoms with Crippen LogP contribution >= 0.6 is 0 Å². The number of benzene rings is 2. The molecular formula is C19H13FN2. The van der Waals surface area contributed by atoms with Gasteiger partial charge in [-0.3, -0.25) is 4.57 Å². The molecule has 4 aromatic rings. The summed E-state index contributed by atoms with van der Waals surface area (Å²) < 4.78 is 15.6. The number of fused-ring (bicyclic) bond motifs is 1. The molecule has 2 heterocycles. The Balaban J connectivity index is 2.07. The van der Waals surface area contributed by atoms with Crippen molar-refractivity contribution in [1.82, 2.24) is 9.55 Å². The second-order valence-electron chi connectivity index (χ2n) is 5.12. The van der Waals surface area contributed by atoms with E-state index in [0.717, 1.165) is 28.0 Å². The van der Waals surface area contributed by atoms with Crippen LogP contribution in [0.4, 0.5) is 4.39 Å². The van der Waals surface area contributed by atoms with Gasteiger partial charge in [0.05, 0.1) is 11.2 Å². The number of aromatic nitrogens is 2. The molecular weight excluding hydrogens is 275 g/mol. The van der Waals surface area contributed by atoms with E-state index in [1.54, 1.807) is 18.3 Å². The zero-order chi connectivity index (χ0) is 14.9. The lowest BCUT2D eigenvalue weighted by Crippen LogP contribution is -1.98. The van der Waals surface area contributed by atoms with Crippen molar-refractivity contribution >= 4 is 10.9 Å². The normalized spacial score (nSPS) is 11.0. The molecule has 0 saturated heterocycles. The first-order chi connectivity index (χ1) is 10.8. The van der Waals surface area contributed by atoms with Crippen molar-refractivity contribution in [3.05, 3.63) is 84.8 Å². The maximum Gasteiger partial charge on any atom is 0.137 e. The minimum absolute atomic E-state index is 0.231. The standard InChI is InChI=1S/C19H13FN2/c20-16-9-10-17-15(12-16)13-18(14-6-2-1-3-7-14)22(17)19-8-4-5-11-21-19/h1-13H. The fourth-order valence-electron chi connectivity index (χ4n) is 2.74. The van der Waals surface area contributed by atoms with Gasteiger partial charge in [0.1, 0.15) is 11.6 Å². The number of nitrogens with zero attached hydrogens (tertiary/aromatic N) is 2. The molecule has 0 N–H and O–H groups in total. The van der Waals surface area contributed by atoms with Crippen molar-refractivity contribution in [2.75, 3.05) is 0 Å². The molecule has 4 rings (SSSR count). The topological polar surface area (TPSA) is 17.8 Å². The van der Waals surface area contributed by atoms with Crippen LogP contribution in [0.2, 0.25) is 0 Å². The summed E-state index contributed by atoms with van der Waals surface area (Å²) in [5.74, 6) is 0.591. The van der Waals surface area contributed by atoms with Crippen LogP contribution in [0.25, 0.3) is 28.0 Å². The molecule has 0 saturated carbocycles. The van der Waals surface area contributed by atoms with E-state index < -0.39 is 0 Å². The van der Waals surface area contributed by atoms with Gasteiger partial charge in [-0.15, -0.1) is 0 Å². The summed E-state index contributed by atoms with van der Waals surface area (Å²) >= 11 is 0. The van der Waals surface area contributed by atoms with Crippen LogP contribution in [-0.4, -0.2) is 9.55 Å². The number of hydrogen-bond donors (Lipinski definition) is 0. The van der Waals surface area contributed by atoms with Crippen LogP contribution < -0.4 is 0 Å². The summed E-state index contributed by atoms with van der Waals surface area (Å²) in [6, 6.07) is 22.7. The Kier molecular flexibility index (Phi) is 2.97.